The molecule has 38 heavy (non-hydrogen) atoms. The summed E-state index contributed by atoms with van der Waals surface area (Å²) in [5.74, 6) is -0.732. The third kappa shape index (κ3) is 4.90. The summed E-state index contributed by atoms with van der Waals surface area (Å²) in [7, 11) is 0. The number of amides is 4. The topological polar surface area (TPSA) is 76.2 Å². The SMILES string of the molecule is CCN1CCN(C(=O)[C@H](Cc2ccccc2)N2CC3=C(C2=O)[C@H](c2ccc(F)cc2)NC(=O)N3CC)CC1. The predicted molar refractivity (Wildman–Crippen MR) is 141 cm³/mol. The Kier molecular flexibility index (Phi) is 7.46. The third-order valence-corrected chi connectivity index (χ3v) is 7.83. The second kappa shape index (κ2) is 10.9. The van der Waals surface area contributed by atoms with Gasteiger partial charge in [-0.25, -0.2) is 9.18 Å². The predicted octanol–water partition coefficient (Wildman–Crippen LogP) is 2.78. The van der Waals surface area contributed by atoms with Gasteiger partial charge < -0.3 is 20.0 Å². The van der Waals surface area contributed by atoms with Crippen molar-refractivity contribution < 1.29 is 18.8 Å². The first-order valence-electron chi connectivity index (χ1n) is 13.3. The maximum Gasteiger partial charge on any atom is 0.322 e. The lowest BCUT2D eigenvalue weighted by Crippen LogP contribution is -2.56. The molecule has 0 bridgehead atoms. The quantitative estimate of drug-likeness (QED) is 0.611. The van der Waals surface area contributed by atoms with Crippen LogP contribution in [0.4, 0.5) is 9.18 Å². The molecule has 200 valence electrons. The van der Waals surface area contributed by atoms with Crippen molar-refractivity contribution in [2.45, 2.75) is 32.4 Å². The Morgan fingerprint density at radius 2 is 1.66 bits per heavy atom. The van der Waals surface area contributed by atoms with Gasteiger partial charge >= 0.3 is 6.03 Å². The lowest BCUT2D eigenvalue weighted by Gasteiger charge is -2.38. The number of benzene rings is 2. The number of piperazine rings is 1. The number of nitrogens with zero attached hydrogens (tertiary/aromatic N) is 4. The lowest BCUT2D eigenvalue weighted by atomic mass is 9.95. The van der Waals surface area contributed by atoms with Gasteiger partial charge in [0.15, 0.2) is 0 Å². The highest BCUT2D eigenvalue weighted by atomic mass is 19.1. The van der Waals surface area contributed by atoms with Crippen LogP contribution in [0.25, 0.3) is 0 Å². The molecule has 0 spiro atoms. The Bertz CT molecular complexity index is 1220. The molecule has 1 saturated heterocycles. The summed E-state index contributed by atoms with van der Waals surface area (Å²) < 4.78 is 13.7. The molecule has 0 saturated carbocycles. The summed E-state index contributed by atoms with van der Waals surface area (Å²) in [6.45, 7) is 8.31. The van der Waals surface area contributed by atoms with E-state index in [9.17, 15) is 18.8 Å². The van der Waals surface area contributed by atoms with E-state index < -0.39 is 17.9 Å². The van der Waals surface area contributed by atoms with E-state index in [1.807, 2.05) is 42.2 Å². The van der Waals surface area contributed by atoms with Crippen LogP contribution in [0.2, 0.25) is 0 Å². The van der Waals surface area contributed by atoms with Gasteiger partial charge in [0.2, 0.25) is 5.91 Å². The molecule has 4 amide bonds. The van der Waals surface area contributed by atoms with Crippen molar-refractivity contribution in [3.63, 3.8) is 0 Å². The van der Waals surface area contributed by atoms with Gasteiger partial charge in [-0.05, 0) is 36.7 Å². The van der Waals surface area contributed by atoms with E-state index in [1.165, 1.54) is 12.1 Å². The molecule has 0 unspecified atom stereocenters. The Morgan fingerprint density at radius 1 is 0.974 bits per heavy atom. The van der Waals surface area contributed by atoms with Crippen molar-refractivity contribution in [2.24, 2.45) is 0 Å². The van der Waals surface area contributed by atoms with Crippen LogP contribution in [-0.2, 0) is 16.0 Å². The summed E-state index contributed by atoms with van der Waals surface area (Å²) in [6, 6.07) is 13.8. The fourth-order valence-electron chi connectivity index (χ4n) is 5.67. The molecule has 0 radical (unpaired) electrons. The Labute approximate surface area is 222 Å². The Morgan fingerprint density at radius 3 is 2.29 bits per heavy atom. The standard InChI is InChI=1S/C29H34FN5O3/c1-3-32-14-16-33(17-15-32)27(36)23(18-20-8-6-5-7-9-20)35-19-24-25(28(35)37)26(31-29(38)34(24)4-2)21-10-12-22(30)13-11-21/h5-13,23,26H,3-4,14-19H2,1-2H3,(H,31,38)/t23-,26-/m0/s1. The van der Waals surface area contributed by atoms with Crippen molar-refractivity contribution in [2.75, 3.05) is 45.8 Å². The minimum atomic E-state index is -0.709. The van der Waals surface area contributed by atoms with E-state index in [-0.39, 0.29) is 24.4 Å². The number of hydrogen-bond acceptors (Lipinski definition) is 4. The number of halogens is 1. The number of nitrogens with one attached hydrogen (secondary N) is 1. The molecule has 1 N–H and O–H groups in total. The molecule has 0 aromatic heterocycles. The van der Waals surface area contributed by atoms with Crippen molar-refractivity contribution in [3.8, 4) is 0 Å². The number of urea groups is 1. The van der Waals surface area contributed by atoms with Crippen molar-refractivity contribution in [3.05, 3.63) is 82.8 Å². The van der Waals surface area contributed by atoms with Crippen LogP contribution in [0, 0.1) is 5.82 Å². The smallest absolute Gasteiger partial charge is 0.322 e. The van der Waals surface area contributed by atoms with Crippen LogP contribution < -0.4 is 5.32 Å². The molecule has 8 nitrogen and oxygen atoms in total. The van der Waals surface area contributed by atoms with Gasteiger partial charge in [-0.2, -0.15) is 0 Å². The lowest BCUT2D eigenvalue weighted by molar-refractivity contribution is -0.144. The summed E-state index contributed by atoms with van der Waals surface area (Å²) >= 11 is 0. The van der Waals surface area contributed by atoms with E-state index >= 15 is 0 Å². The molecule has 2 atom stereocenters. The second-order valence-electron chi connectivity index (χ2n) is 9.94. The summed E-state index contributed by atoms with van der Waals surface area (Å²) in [6.07, 6.45) is 0.384. The molecule has 2 aromatic carbocycles. The maximum absolute atomic E-state index is 14.1. The van der Waals surface area contributed by atoms with Gasteiger partial charge in [0, 0.05) is 39.1 Å². The first-order chi connectivity index (χ1) is 18.4. The van der Waals surface area contributed by atoms with Crippen LogP contribution in [-0.4, -0.2) is 89.3 Å². The normalized spacial score (nSPS) is 21.0. The minimum Gasteiger partial charge on any atom is -0.338 e. The third-order valence-electron chi connectivity index (χ3n) is 7.83. The number of rotatable bonds is 7. The number of hydrogen-bond donors (Lipinski definition) is 1. The molecule has 3 aliphatic rings. The minimum absolute atomic E-state index is 0.0709. The fraction of sp³-hybridized carbons (Fsp3) is 0.414. The summed E-state index contributed by atoms with van der Waals surface area (Å²) in [4.78, 5) is 48.5. The zero-order valence-electron chi connectivity index (χ0n) is 21.9. The highest BCUT2D eigenvalue weighted by molar-refractivity contribution is 6.03. The molecule has 3 aliphatic heterocycles. The summed E-state index contributed by atoms with van der Waals surface area (Å²) in [5, 5.41) is 2.93. The van der Waals surface area contributed by atoms with Gasteiger partial charge in [-0.1, -0.05) is 49.4 Å². The van der Waals surface area contributed by atoms with Gasteiger partial charge in [0.25, 0.3) is 5.91 Å². The maximum atomic E-state index is 14.1. The van der Waals surface area contributed by atoms with Gasteiger partial charge in [-0.15, -0.1) is 0 Å². The number of carbonyl (C=O) groups is 3. The number of carbonyl (C=O) groups excluding carboxylic acids is 3. The molecule has 0 aliphatic carbocycles. The van der Waals surface area contributed by atoms with Gasteiger partial charge in [0.05, 0.1) is 23.9 Å². The Hall–Kier alpha value is -3.72. The van der Waals surface area contributed by atoms with Crippen LogP contribution >= 0.6 is 0 Å². The van der Waals surface area contributed by atoms with Crippen molar-refractivity contribution >= 4 is 17.8 Å². The van der Waals surface area contributed by atoms with Crippen LogP contribution in [0.3, 0.4) is 0 Å². The zero-order valence-corrected chi connectivity index (χ0v) is 21.9. The summed E-state index contributed by atoms with van der Waals surface area (Å²) in [5.41, 5.74) is 2.64. The fourth-order valence-corrected chi connectivity index (χ4v) is 5.67. The largest absolute Gasteiger partial charge is 0.338 e. The van der Waals surface area contributed by atoms with Crippen LogP contribution in [0.15, 0.2) is 65.9 Å². The average Bonchev–Trinajstić information content (AvgIpc) is 3.28. The first kappa shape index (κ1) is 25.9. The molecule has 9 heteroatoms. The van der Waals surface area contributed by atoms with Gasteiger partial charge in [0.1, 0.15) is 11.9 Å². The Balaban J connectivity index is 1.48. The second-order valence-corrected chi connectivity index (χ2v) is 9.94. The highest BCUT2D eigenvalue weighted by Crippen LogP contribution is 2.37. The first-order valence-corrected chi connectivity index (χ1v) is 13.3. The van der Waals surface area contributed by atoms with E-state index in [4.69, 9.17) is 0 Å². The van der Waals surface area contributed by atoms with Crippen LogP contribution in [0.5, 0.6) is 0 Å². The monoisotopic (exact) mass is 519 g/mol. The van der Waals surface area contributed by atoms with E-state index in [0.717, 1.165) is 25.2 Å². The average molecular weight is 520 g/mol. The highest BCUT2D eigenvalue weighted by Gasteiger charge is 2.47. The van der Waals surface area contributed by atoms with E-state index in [0.29, 0.717) is 42.9 Å². The molecule has 3 heterocycles. The molecule has 2 aromatic rings. The zero-order chi connectivity index (χ0) is 26.8. The molecule has 5 rings (SSSR count). The molecular formula is C29H34FN5O3. The van der Waals surface area contributed by atoms with Crippen molar-refractivity contribution in [1.29, 1.82) is 0 Å². The van der Waals surface area contributed by atoms with E-state index in [2.05, 4.69) is 17.1 Å². The van der Waals surface area contributed by atoms with Crippen molar-refractivity contribution in [1.82, 2.24) is 24.9 Å². The van der Waals surface area contributed by atoms with Crippen LogP contribution in [0.1, 0.15) is 31.0 Å². The number of likely N-dealkylation sites (N-methyl/N-ethyl adjacent to an activating group) is 2. The molecule has 1 fully saturated rings. The van der Waals surface area contributed by atoms with E-state index in [1.54, 1.807) is 21.9 Å². The molecular weight excluding hydrogens is 485 g/mol. The van der Waals surface area contributed by atoms with Gasteiger partial charge in [-0.3, -0.25) is 14.5 Å².